The van der Waals surface area contributed by atoms with Crippen molar-refractivity contribution in [3.8, 4) is 23.0 Å². The van der Waals surface area contributed by atoms with Crippen molar-refractivity contribution in [1.29, 1.82) is 0 Å². The van der Waals surface area contributed by atoms with Gasteiger partial charge in [-0.3, -0.25) is 0 Å². The molecule has 296 valence electrons. The Bertz CT molecular complexity index is 1820. The summed E-state index contributed by atoms with van der Waals surface area (Å²) < 4.78 is 35.0. The van der Waals surface area contributed by atoms with Crippen LogP contribution in [0.2, 0.25) is 0 Å². The monoisotopic (exact) mass is 757 g/mol. The third-order valence-electron chi connectivity index (χ3n) is 10.1. The van der Waals surface area contributed by atoms with Gasteiger partial charge in [-0.15, -0.1) is 0 Å². The summed E-state index contributed by atoms with van der Waals surface area (Å²) in [5, 5.41) is 12.6. The Morgan fingerprint density at radius 3 is 2.13 bits per heavy atom. The van der Waals surface area contributed by atoms with Gasteiger partial charge >= 0.3 is 0 Å². The van der Waals surface area contributed by atoms with Gasteiger partial charge in [-0.25, -0.2) is 9.97 Å². The minimum Gasteiger partial charge on any atom is -0.493 e. The maximum absolute atomic E-state index is 6.31. The molecule has 2 aromatic heterocycles. The van der Waals surface area contributed by atoms with E-state index in [0.29, 0.717) is 79.0 Å². The van der Waals surface area contributed by atoms with Crippen LogP contribution in [0, 0.1) is 11.8 Å². The smallest absolute Gasteiger partial charge is 0.229 e. The van der Waals surface area contributed by atoms with Crippen LogP contribution in [0.15, 0.2) is 54.7 Å². The van der Waals surface area contributed by atoms with Crippen LogP contribution in [0.1, 0.15) is 37.8 Å². The third-order valence-corrected chi connectivity index (χ3v) is 10.1. The maximum atomic E-state index is 6.31. The zero-order valence-electron chi connectivity index (χ0n) is 32.6. The van der Waals surface area contributed by atoms with Gasteiger partial charge in [0.15, 0.2) is 23.0 Å². The molecule has 2 aliphatic rings. The minimum absolute atomic E-state index is 0.272. The molecule has 3 unspecified atom stereocenters. The van der Waals surface area contributed by atoms with Gasteiger partial charge in [0, 0.05) is 70.1 Å². The molecule has 1 saturated carbocycles. The number of likely N-dealkylation sites (tertiary alicyclic amines) is 1. The highest BCUT2D eigenvalue weighted by molar-refractivity contribution is 5.61. The van der Waals surface area contributed by atoms with E-state index in [-0.39, 0.29) is 6.10 Å². The second kappa shape index (κ2) is 20.0. The van der Waals surface area contributed by atoms with E-state index in [1.54, 1.807) is 27.5 Å². The largest absolute Gasteiger partial charge is 0.493 e. The van der Waals surface area contributed by atoms with Gasteiger partial charge in [0.25, 0.3) is 0 Å². The predicted molar refractivity (Wildman–Crippen MR) is 214 cm³/mol. The Kier molecular flexibility index (Phi) is 14.4. The molecule has 3 atom stereocenters. The van der Waals surface area contributed by atoms with E-state index in [4.69, 9.17) is 28.4 Å². The van der Waals surface area contributed by atoms with Crippen LogP contribution in [0.5, 0.6) is 23.0 Å². The minimum atomic E-state index is 0.272. The molecule has 1 saturated heterocycles. The summed E-state index contributed by atoms with van der Waals surface area (Å²) in [4.78, 5) is 20.4. The number of ether oxygens (including phenoxy) is 6. The number of hydrogen-bond acceptors (Lipinski definition) is 15. The Morgan fingerprint density at radius 1 is 0.709 bits per heavy atom. The van der Waals surface area contributed by atoms with Crippen molar-refractivity contribution in [2.24, 2.45) is 11.8 Å². The highest BCUT2D eigenvalue weighted by Crippen LogP contribution is 2.38. The topological polar surface area (TPSA) is 158 Å². The molecule has 15 nitrogen and oxygen atoms in total. The molecule has 6 rings (SSSR count). The maximum Gasteiger partial charge on any atom is 0.229 e. The lowest BCUT2D eigenvalue weighted by molar-refractivity contribution is 0.0338. The molecule has 1 aliphatic carbocycles. The molecule has 1 aliphatic heterocycles. The predicted octanol–water partition coefficient (Wildman–Crippen LogP) is 6.36. The Balaban J connectivity index is 0.897. The van der Waals surface area contributed by atoms with Crippen molar-refractivity contribution in [2.75, 3.05) is 96.1 Å². The second-order valence-corrected chi connectivity index (χ2v) is 13.7. The van der Waals surface area contributed by atoms with Gasteiger partial charge in [-0.1, -0.05) is 0 Å². The SMILES string of the molecule is CNc1ccnc(Nc2ccc(OC)c(OCCOC3CCC(C4CCN(CCCOc5cc(Nc6nc(COC)cc(NC)n6)ccc5OC)C4)C3)c2)n1. The first-order valence-electron chi connectivity index (χ1n) is 19.0. The van der Waals surface area contributed by atoms with E-state index < -0.39 is 0 Å². The highest BCUT2D eigenvalue weighted by Gasteiger charge is 2.35. The van der Waals surface area contributed by atoms with Crippen molar-refractivity contribution >= 4 is 34.9 Å². The fraction of sp³-hybridized carbons (Fsp3) is 0.500. The molecule has 4 aromatic rings. The molecule has 0 radical (unpaired) electrons. The quantitative estimate of drug-likeness (QED) is 0.0696. The van der Waals surface area contributed by atoms with Gasteiger partial charge in [-0.05, 0) is 80.8 Å². The molecule has 2 fully saturated rings. The van der Waals surface area contributed by atoms with Crippen LogP contribution in [0.3, 0.4) is 0 Å². The lowest BCUT2D eigenvalue weighted by atomic mass is 9.90. The molecule has 55 heavy (non-hydrogen) atoms. The molecular formula is C40H55N9O6. The summed E-state index contributed by atoms with van der Waals surface area (Å²) in [6, 6.07) is 15.1. The Hall–Kier alpha value is -5.12. The van der Waals surface area contributed by atoms with Crippen LogP contribution in [-0.4, -0.2) is 106 Å². The number of rotatable bonds is 21. The van der Waals surface area contributed by atoms with Crippen LogP contribution >= 0.6 is 0 Å². The lowest BCUT2D eigenvalue weighted by Gasteiger charge is -2.20. The average molecular weight is 758 g/mol. The average Bonchev–Trinajstić information content (AvgIpc) is 3.89. The van der Waals surface area contributed by atoms with E-state index in [0.717, 1.165) is 61.8 Å². The summed E-state index contributed by atoms with van der Waals surface area (Å²) in [6.45, 7) is 5.22. The van der Waals surface area contributed by atoms with Crippen LogP contribution in [0.4, 0.5) is 34.9 Å². The molecule has 15 heteroatoms. The zero-order valence-corrected chi connectivity index (χ0v) is 32.6. The van der Waals surface area contributed by atoms with Crippen LogP contribution in [-0.2, 0) is 16.1 Å². The van der Waals surface area contributed by atoms with Gasteiger partial charge in [0.2, 0.25) is 11.9 Å². The van der Waals surface area contributed by atoms with E-state index in [1.807, 2.05) is 62.6 Å². The van der Waals surface area contributed by atoms with Gasteiger partial charge in [0.1, 0.15) is 18.2 Å². The fourth-order valence-electron chi connectivity index (χ4n) is 7.29. The summed E-state index contributed by atoms with van der Waals surface area (Å²) in [6.07, 6.45) is 7.56. The number of benzene rings is 2. The van der Waals surface area contributed by atoms with Crippen molar-refractivity contribution in [1.82, 2.24) is 24.8 Å². The molecule has 2 aromatic carbocycles. The molecule has 0 amide bonds. The van der Waals surface area contributed by atoms with E-state index in [9.17, 15) is 0 Å². The standard InChI is InChI=1S/C40H55N9O6/c1-41-37-13-15-43-39(47-37)44-29-8-11-34(52-5)36(22-29)55-20-19-53-32-10-7-27(21-32)28-14-17-49(25-28)16-6-18-54-35-23-30(9-12-33(35)51-4)45-40-46-31(26-50-3)24-38(42-2)48-40/h8-9,11-13,15,22-24,27-28,32H,6-7,10,14,16-21,25-26H2,1-5H3,(H2,41,43,44,47)(H2,42,45,46,48). The molecule has 0 bridgehead atoms. The van der Waals surface area contributed by atoms with Gasteiger partial charge in [-0.2, -0.15) is 9.97 Å². The third kappa shape index (κ3) is 11.2. The van der Waals surface area contributed by atoms with Gasteiger partial charge < -0.3 is 54.6 Å². The summed E-state index contributed by atoms with van der Waals surface area (Å²) >= 11 is 0. The van der Waals surface area contributed by atoms with Crippen LogP contribution < -0.4 is 40.2 Å². The van der Waals surface area contributed by atoms with Crippen molar-refractivity contribution in [2.45, 2.75) is 44.8 Å². The number of aromatic nitrogens is 4. The number of anilines is 6. The Morgan fingerprint density at radius 2 is 1.42 bits per heavy atom. The first kappa shape index (κ1) is 39.6. The highest BCUT2D eigenvalue weighted by atomic mass is 16.5. The summed E-state index contributed by atoms with van der Waals surface area (Å²) in [5.41, 5.74) is 2.39. The molecule has 0 spiro atoms. The van der Waals surface area contributed by atoms with E-state index >= 15 is 0 Å². The van der Waals surface area contributed by atoms with E-state index in [1.165, 1.54) is 12.8 Å². The van der Waals surface area contributed by atoms with Crippen molar-refractivity contribution < 1.29 is 28.4 Å². The molecular weight excluding hydrogens is 702 g/mol. The number of nitrogens with one attached hydrogen (secondary N) is 4. The zero-order chi connectivity index (χ0) is 38.4. The first-order valence-corrected chi connectivity index (χ1v) is 19.0. The van der Waals surface area contributed by atoms with Crippen molar-refractivity contribution in [3.63, 3.8) is 0 Å². The second-order valence-electron chi connectivity index (χ2n) is 13.7. The van der Waals surface area contributed by atoms with Gasteiger partial charge in [0.05, 0.1) is 45.8 Å². The summed E-state index contributed by atoms with van der Waals surface area (Å²) in [7, 11) is 8.59. The number of methoxy groups -OCH3 is 3. The van der Waals surface area contributed by atoms with E-state index in [2.05, 4.69) is 46.1 Å². The van der Waals surface area contributed by atoms with Crippen LogP contribution in [0.25, 0.3) is 0 Å². The lowest BCUT2D eigenvalue weighted by Crippen LogP contribution is -2.25. The first-order chi connectivity index (χ1) is 27.0. The molecule has 3 heterocycles. The summed E-state index contributed by atoms with van der Waals surface area (Å²) in [5.74, 6) is 6.49. The number of nitrogens with zero attached hydrogens (tertiary/aromatic N) is 5. The molecule has 4 N–H and O–H groups in total. The number of hydrogen-bond donors (Lipinski definition) is 4. The normalized spacial score (nSPS) is 18.2. The fourth-order valence-corrected chi connectivity index (χ4v) is 7.29. The Labute approximate surface area is 323 Å². The van der Waals surface area contributed by atoms with Crippen molar-refractivity contribution in [3.05, 3.63) is 60.4 Å².